The minimum atomic E-state index is -4.30. The van der Waals surface area contributed by atoms with Crippen molar-refractivity contribution in [2.24, 2.45) is 0 Å². The van der Waals surface area contributed by atoms with Gasteiger partial charge in [0.2, 0.25) is 5.95 Å². The largest absolute Gasteiger partial charge is 0.401 e. The molecule has 0 unspecified atom stereocenters. The monoisotopic (exact) mass is 477 g/mol. The fraction of sp³-hybridized carbons (Fsp3) is 0.455. The average Bonchev–Trinajstić information content (AvgIpc) is 3.10. The van der Waals surface area contributed by atoms with Crippen molar-refractivity contribution < 1.29 is 13.2 Å². The molecule has 0 amide bonds. The van der Waals surface area contributed by atoms with Crippen molar-refractivity contribution >= 4 is 17.5 Å². The summed E-state index contributed by atoms with van der Waals surface area (Å²) in [6.45, 7) is 2.67. The Kier molecular flexibility index (Phi) is 5.74. The third-order valence-electron chi connectivity index (χ3n) is 6.11. The summed E-state index contributed by atoms with van der Waals surface area (Å²) in [6.07, 6.45) is 0.958. The Morgan fingerprint density at radius 1 is 1.06 bits per heavy atom. The molecule has 1 aromatic carbocycles. The molecule has 0 spiro atoms. The van der Waals surface area contributed by atoms with Gasteiger partial charge in [-0.3, -0.25) is 9.47 Å². The Bertz CT molecular complexity index is 1140. The summed E-state index contributed by atoms with van der Waals surface area (Å²) >= 11 is 6.19. The zero-order valence-electron chi connectivity index (χ0n) is 18.1. The number of rotatable bonds is 3. The SMILES string of the molecule is Cc1cnc(N2CCC(c3nnc4n3-c3ccc(Cl)cc3CN(CC(F)(F)F)C4)CC2)nc1. The van der Waals surface area contributed by atoms with Gasteiger partial charge in [0.05, 0.1) is 18.8 Å². The summed E-state index contributed by atoms with van der Waals surface area (Å²) < 4.78 is 41.5. The predicted octanol–water partition coefficient (Wildman–Crippen LogP) is 4.28. The predicted molar refractivity (Wildman–Crippen MR) is 117 cm³/mol. The Balaban J connectivity index is 1.43. The molecule has 2 aliphatic heterocycles. The lowest BCUT2D eigenvalue weighted by Crippen LogP contribution is -2.35. The number of hydrogen-bond donors (Lipinski definition) is 0. The van der Waals surface area contributed by atoms with E-state index in [4.69, 9.17) is 11.6 Å². The van der Waals surface area contributed by atoms with Gasteiger partial charge in [-0.05, 0) is 49.1 Å². The third kappa shape index (κ3) is 4.67. The summed E-state index contributed by atoms with van der Waals surface area (Å²) in [5.74, 6) is 2.14. The van der Waals surface area contributed by atoms with Crippen LogP contribution in [0, 0.1) is 6.92 Å². The normalized spacial score (nSPS) is 17.5. The van der Waals surface area contributed by atoms with Crippen LogP contribution < -0.4 is 4.90 Å². The van der Waals surface area contributed by atoms with E-state index in [1.165, 1.54) is 4.90 Å². The molecule has 3 aromatic rings. The van der Waals surface area contributed by atoms with E-state index in [-0.39, 0.29) is 19.0 Å². The highest BCUT2D eigenvalue weighted by Gasteiger charge is 2.35. The van der Waals surface area contributed by atoms with Crippen LogP contribution in [0.3, 0.4) is 0 Å². The van der Waals surface area contributed by atoms with Gasteiger partial charge in [-0.1, -0.05) is 11.6 Å². The average molecular weight is 478 g/mol. The molecule has 2 aromatic heterocycles. The van der Waals surface area contributed by atoms with Crippen LogP contribution in [0.5, 0.6) is 0 Å². The molecule has 2 aliphatic rings. The Morgan fingerprint density at radius 3 is 2.48 bits per heavy atom. The van der Waals surface area contributed by atoms with Crippen LogP contribution in [-0.2, 0) is 13.1 Å². The lowest BCUT2D eigenvalue weighted by atomic mass is 9.95. The minimum absolute atomic E-state index is 0.0643. The van der Waals surface area contributed by atoms with Crippen molar-refractivity contribution in [3.8, 4) is 5.69 Å². The summed E-state index contributed by atoms with van der Waals surface area (Å²) in [6, 6.07) is 5.33. The molecule has 11 heteroatoms. The molecule has 5 rings (SSSR count). The van der Waals surface area contributed by atoms with Crippen LogP contribution >= 0.6 is 11.6 Å². The van der Waals surface area contributed by atoms with Gasteiger partial charge in [0, 0.05) is 43.0 Å². The maximum Gasteiger partial charge on any atom is 0.401 e. The van der Waals surface area contributed by atoms with E-state index in [9.17, 15) is 13.2 Å². The van der Waals surface area contributed by atoms with Crippen LogP contribution in [0.25, 0.3) is 5.69 Å². The standard InChI is InChI=1S/C22H23ClF3N7/c1-14-9-27-21(28-10-14)32-6-4-15(5-7-32)20-30-29-19-12-31(13-22(24,25)26)11-16-8-17(23)2-3-18(16)33(19)20/h2-3,8-10,15H,4-7,11-13H2,1H3. The van der Waals surface area contributed by atoms with Crippen molar-refractivity contribution in [3.05, 3.63) is 58.4 Å². The molecular formula is C22H23ClF3N7. The van der Waals surface area contributed by atoms with Crippen LogP contribution in [0.4, 0.5) is 19.1 Å². The highest BCUT2D eigenvalue weighted by Crippen LogP contribution is 2.34. The van der Waals surface area contributed by atoms with Crippen molar-refractivity contribution in [1.82, 2.24) is 29.6 Å². The first-order valence-electron chi connectivity index (χ1n) is 10.8. The maximum atomic E-state index is 13.2. The summed E-state index contributed by atoms with van der Waals surface area (Å²) in [7, 11) is 0. The molecule has 1 fully saturated rings. The minimum Gasteiger partial charge on any atom is -0.341 e. The topological polar surface area (TPSA) is 63.0 Å². The second-order valence-electron chi connectivity index (χ2n) is 8.66. The number of anilines is 1. The highest BCUT2D eigenvalue weighted by molar-refractivity contribution is 6.30. The second-order valence-corrected chi connectivity index (χ2v) is 9.10. The Labute approximate surface area is 194 Å². The first-order valence-corrected chi connectivity index (χ1v) is 11.2. The third-order valence-corrected chi connectivity index (χ3v) is 6.34. The van der Waals surface area contributed by atoms with Gasteiger partial charge in [0.1, 0.15) is 5.82 Å². The van der Waals surface area contributed by atoms with Crippen molar-refractivity contribution in [2.45, 2.75) is 44.9 Å². The second kappa shape index (κ2) is 8.57. The highest BCUT2D eigenvalue weighted by atomic mass is 35.5. The number of halogens is 4. The zero-order chi connectivity index (χ0) is 23.2. The van der Waals surface area contributed by atoms with E-state index >= 15 is 0 Å². The fourth-order valence-electron chi connectivity index (χ4n) is 4.61. The van der Waals surface area contributed by atoms with E-state index in [1.807, 2.05) is 30.0 Å². The van der Waals surface area contributed by atoms with E-state index in [0.29, 0.717) is 16.8 Å². The Morgan fingerprint density at radius 2 is 1.79 bits per heavy atom. The number of hydrogen-bond acceptors (Lipinski definition) is 6. The molecular weight excluding hydrogens is 455 g/mol. The summed E-state index contributed by atoms with van der Waals surface area (Å²) in [4.78, 5) is 12.3. The van der Waals surface area contributed by atoms with E-state index in [0.717, 1.165) is 48.6 Å². The molecule has 0 saturated carbocycles. The molecule has 7 nitrogen and oxygen atoms in total. The molecule has 0 radical (unpaired) electrons. The molecule has 0 bridgehead atoms. The number of aromatic nitrogens is 5. The molecule has 0 atom stereocenters. The number of aryl methyl sites for hydroxylation is 1. The van der Waals surface area contributed by atoms with Gasteiger partial charge in [0.25, 0.3) is 0 Å². The number of nitrogens with zero attached hydrogens (tertiary/aromatic N) is 7. The van der Waals surface area contributed by atoms with Gasteiger partial charge < -0.3 is 4.90 Å². The van der Waals surface area contributed by atoms with Crippen LogP contribution in [0.1, 0.15) is 41.5 Å². The van der Waals surface area contributed by atoms with Crippen molar-refractivity contribution in [2.75, 3.05) is 24.5 Å². The molecule has 33 heavy (non-hydrogen) atoms. The smallest absolute Gasteiger partial charge is 0.341 e. The first-order chi connectivity index (χ1) is 15.8. The number of benzene rings is 1. The van der Waals surface area contributed by atoms with Gasteiger partial charge >= 0.3 is 6.18 Å². The van der Waals surface area contributed by atoms with E-state index in [1.54, 1.807) is 12.1 Å². The molecule has 174 valence electrons. The fourth-order valence-corrected chi connectivity index (χ4v) is 4.80. The van der Waals surface area contributed by atoms with E-state index in [2.05, 4.69) is 25.1 Å². The van der Waals surface area contributed by atoms with Gasteiger partial charge in [-0.15, -0.1) is 10.2 Å². The van der Waals surface area contributed by atoms with Gasteiger partial charge in [-0.2, -0.15) is 13.2 Å². The molecule has 0 aliphatic carbocycles. The number of alkyl halides is 3. The summed E-state index contributed by atoms with van der Waals surface area (Å²) in [5, 5.41) is 9.25. The van der Waals surface area contributed by atoms with Crippen LogP contribution in [0.2, 0.25) is 5.02 Å². The van der Waals surface area contributed by atoms with Gasteiger partial charge in [0.15, 0.2) is 5.82 Å². The number of piperidine rings is 1. The molecule has 1 saturated heterocycles. The quantitative estimate of drug-likeness (QED) is 0.561. The summed E-state index contributed by atoms with van der Waals surface area (Å²) in [5.41, 5.74) is 2.54. The van der Waals surface area contributed by atoms with Crippen LogP contribution in [0.15, 0.2) is 30.6 Å². The van der Waals surface area contributed by atoms with Crippen LogP contribution in [-0.4, -0.2) is 55.4 Å². The Hall–Kier alpha value is -2.72. The maximum absolute atomic E-state index is 13.2. The lowest BCUT2D eigenvalue weighted by Gasteiger charge is -2.31. The van der Waals surface area contributed by atoms with Gasteiger partial charge in [-0.25, -0.2) is 9.97 Å². The number of fused-ring (bicyclic) bond motifs is 3. The van der Waals surface area contributed by atoms with Crippen molar-refractivity contribution in [3.63, 3.8) is 0 Å². The lowest BCUT2D eigenvalue weighted by molar-refractivity contribution is -0.148. The van der Waals surface area contributed by atoms with Crippen molar-refractivity contribution in [1.29, 1.82) is 0 Å². The zero-order valence-corrected chi connectivity index (χ0v) is 18.8. The molecule has 4 heterocycles. The molecule has 0 N–H and O–H groups in total. The first kappa shape index (κ1) is 22.1. The van der Waals surface area contributed by atoms with E-state index < -0.39 is 12.7 Å².